The van der Waals surface area contributed by atoms with Gasteiger partial charge >= 0.3 is 14.0 Å². The zero-order chi connectivity index (χ0) is 16.3. The summed E-state index contributed by atoms with van der Waals surface area (Å²) in [5.41, 5.74) is -0.867. The first-order valence-corrected chi connectivity index (χ1v) is 7.53. The average Bonchev–Trinajstić information content (AvgIpc) is 2.25. The maximum absolute atomic E-state index is 12.4. The van der Waals surface area contributed by atoms with Crippen molar-refractivity contribution in [1.29, 1.82) is 0 Å². The number of quaternary nitrogens is 1. The maximum atomic E-state index is 12.4. The minimum Gasteiger partial charge on any atom is -0.404 e. The van der Waals surface area contributed by atoms with Crippen LogP contribution in [0.15, 0.2) is 24.3 Å². The summed E-state index contributed by atoms with van der Waals surface area (Å²) in [4.78, 5) is 9.48. The van der Waals surface area contributed by atoms with E-state index in [-0.39, 0.29) is 12.4 Å². The monoisotopic (exact) mass is 328 g/mol. The summed E-state index contributed by atoms with van der Waals surface area (Å²) in [7, 11) is 1.28. The summed E-state index contributed by atoms with van der Waals surface area (Å²) >= 11 is 0. The zero-order valence-electron chi connectivity index (χ0n) is 11.9. The Morgan fingerprint density at radius 3 is 2.14 bits per heavy atom. The first kappa shape index (κ1) is 18.0. The molecule has 5 nitrogen and oxygen atoms in total. The van der Waals surface area contributed by atoms with E-state index in [2.05, 4.69) is 0 Å². The highest BCUT2D eigenvalue weighted by molar-refractivity contribution is 7.47. The molecule has 1 atom stereocenters. The molecule has 0 fully saturated rings. The van der Waals surface area contributed by atoms with Gasteiger partial charge in [0.1, 0.15) is 18.9 Å². The van der Waals surface area contributed by atoms with E-state index in [1.54, 1.807) is 0 Å². The predicted molar refractivity (Wildman–Crippen MR) is 70.7 cm³/mol. The lowest BCUT2D eigenvalue weighted by molar-refractivity contribution is -0.870. The third kappa shape index (κ3) is 6.95. The van der Waals surface area contributed by atoms with Crippen LogP contribution in [0.5, 0.6) is 5.75 Å². The molecule has 0 aromatic heterocycles. The van der Waals surface area contributed by atoms with Crippen LogP contribution in [-0.2, 0) is 15.3 Å². The third-order valence-corrected chi connectivity index (χ3v) is 3.37. The number of likely N-dealkylation sites (N-methyl/N-ethyl adjacent to an activating group) is 1. The zero-order valence-corrected chi connectivity index (χ0v) is 12.8. The first-order valence-electron chi connectivity index (χ1n) is 6.04. The number of benzene rings is 1. The molecular weight excluding hydrogens is 310 g/mol. The fraction of sp³-hybridized carbons (Fsp3) is 0.500. The Morgan fingerprint density at radius 1 is 1.19 bits per heavy atom. The Bertz CT molecular complexity index is 511. The number of hydrogen-bond donors (Lipinski definition) is 1. The van der Waals surface area contributed by atoms with Crippen LogP contribution in [-0.4, -0.2) is 43.7 Å². The molecule has 0 heterocycles. The normalized spacial score (nSPS) is 15.6. The molecule has 0 spiro atoms. The largest absolute Gasteiger partial charge is 0.527 e. The molecule has 0 amide bonds. The van der Waals surface area contributed by atoms with Gasteiger partial charge in [0.05, 0.1) is 26.7 Å². The molecule has 9 heteroatoms. The smallest absolute Gasteiger partial charge is 0.404 e. The Hall–Kier alpha value is -1.08. The molecule has 1 aromatic rings. The Labute approximate surface area is 121 Å². The number of halogens is 3. The number of rotatable bonds is 6. The second-order valence-electron chi connectivity index (χ2n) is 5.43. The first-order chi connectivity index (χ1) is 9.39. The fourth-order valence-electron chi connectivity index (χ4n) is 1.29. The third-order valence-electron chi connectivity index (χ3n) is 2.42. The number of hydrogen-bond acceptors (Lipinski definition) is 3. The Balaban J connectivity index is 2.61. The minimum atomic E-state index is -4.47. The summed E-state index contributed by atoms with van der Waals surface area (Å²) in [6, 6.07) is 3.46. The topological polar surface area (TPSA) is 55.8 Å². The average molecular weight is 328 g/mol. The molecule has 0 radical (unpaired) electrons. The second-order valence-corrected chi connectivity index (χ2v) is 6.81. The molecule has 0 aliphatic heterocycles. The number of phosphoric ester groups is 1. The van der Waals surface area contributed by atoms with E-state index in [0.717, 1.165) is 24.3 Å². The van der Waals surface area contributed by atoms with E-state index in [1.807, 2.05) is 21.1 Å². The summed E-state index contributed by atoms with van der Waals surface area (Å²) in [6.45, 7) is 0.457. The van der Waals surface area contributed by atoms with E-state index in [9.17, 15) is 22.6 Å². The lowest BCUT2D eigenvalue weighted by atomic mass is 10.2. The van der Waals surface area contributed by atoms with Crippen molar-refractivity contribution in [2.75, 3.05) is 34.3 Å². The van der Waals surface area contributed by atoms with E-state index in [0.29, 0.717) is 11.0 Å². The van der Waals surface area contributed by atoms with Crippen molar-refractivity contribution in [3.05, 3.63) is 29.8 Å². The van der Waals surface area contributed by atoms with Crippen molar-refractivity contribution in [2.45, 2.75) is 6.18 Å². The van der Waals surface area contributed by atoms with Crippen molar-refractivity contribution in [2.24, 2.45) is 0 Å². The van der Waals surface area contributed by atoms with Gasteiger partial charge in [-0.05, 0) is 24.3 Å². The molecule has 1 unspecified atom stereocenters. The van der Waals surface area contributed by atoms with Crippen LogP contribution < -0.4 is 4.52 Å². The van der Waals surface area contributed by atoms with Crippen molar-refractivity contribution in [3.63, 3.8) is 0 Å². The van der Waals surface area contributed by atoms with Gasteiger partial charge in [-0.1, -0.05) is 0 Å². The summed E-state index contributed by atoms with van der Waals surface area (Å²) in [5, 5.41) is 0. The van der Waals surface area contributed by atoms with Gasteiger partial charge in [0.15, 0.2) is 0 Å². The highest BCUT2D eigenvalue weighted by Gasteiger charge is 2.30. The van der Waals surface area contributed by atoms with Crippen molar-refractivity contribution < 1.29 is 36.2 Å². The highest BCUT2D eigenvalue weighted by atomic mass is 31.2. The van der Waals surface area contributed by atoms with E-state index >= 15 is 0 Å². The SMILES string of the molecule is C[N+](C)(C)CCOP(=O)(O)Oc1ccc(C(F)(F)F)cc1. The summed E-state index contributed by atoms with van der Waals surface area (Å²) in [5.74, 6) is -0.168. The summed E-state index contributed by atoms with van der Waals surface area (Å²) in [6.07, 6.45) is -4.47. The molecule has 120 valence electrons. The standard InChI is InChI=1S/C12H17F3NO4P/c1-16(2,3)8-9-19-21(17,18)20-11-6-4-10(5-7-11)12(13,14)15/h4-7H,8-9H2,1-3H3/p+1. The highest BCUT2D eigenvalue weighted by Crippen LogP contribution is 2.44. The number of phosphoric acid groups is 1. The van der Waals surface area contributed by atoms with Gasteiger partial charge in [-0.3, -0.25) is 9.42 Å². The van der Waals surface area contributed by atoms with Crippen LogP contribution in [0, 0.1) is 0 Å². The number of nitrogens with zero attached hydrogens (tertiary/aromatic N) is 1. The predicted octanol–water partition coefficient (Wildman–Crippen LogP) is 2.91. The molecule has 0 saturated heterocycles. The quantitative estimate of drug-likeness (QED) is 0.644. The molecular formula is C12H18F3NO4P+. The van der Waals surface area contributed by atoms with Crippen LogP contribution in [0.3, 0.4) is 0 Å². The van der Waals surface area contributed by atoms with Crippen LogP contribution >= 0.6 is 7.82 Å². The van der Waals surface area contributed by atoms with Crippen LogP contribution in [0.2, 0.25) is 0 Å². The molecule has 0 saturated carbocycles. The molecule has 0 aliphatic rings. The van der Waals surface area contributed by atoms with Crippen LogP contribution in [0.1, 0.15) is 5.56 Å². The van der Waals surface area contributed by atoms with Gasteiger partial charge in [0, 0.05) is 0 Å². The molecule has 21 heavy (non-hydrogen) atoms. The Morgan fingerprint density at radius 2 is 1.71 bits per heavy atom. The molecule has 1 aromatic carbocycles. The summed E-state index contributed by atoms with van der Waals surface area (Å²) < 4.78 is 58.7. The van der Waals surface area contributed by atoms with Crippen LogP contribution in [0.4, 0.5) is 13.2 Å². The van der Waals surface area contributed by atoms with E-state index < -0.39 is 19.6 Å². The Kier molecular flexibility index (Phi) is 5.44. The van der Waals surface area contributed by atoms with Crippen molar-refractivity contribution in [1.82, 2.24) is 0 Å². The second kappa shape index (κ2) is 6.36. The lowest BCUT2D eigenvalue weighted by Crippen LogP contribution is -2.37. The van der Waals surface area contributed by atoms with Gasteiger partial charge in [-0.2, -0.15) is 13.2 Å². The van der Waals surface area contributed by atoms with Gasteiger partial charge in [0.25, 0.3) is 0 Å². The maximum Gasteiger partial charge on any atom is 0.527 e. The molecule has 1 rings (SSSR count). The van der Waals surface area contributed by atoms with Gasteiger partial charge < -0.3 is 9.01 Å². The minimum absolute atomic E-state index is 0.0160. The molecule has 0 aliphatic carbocycles. The van der Waals surface area contributed by atoms with E-state index in [1.165, 1.54) is 0 Å². The fourth-order valence-corrected chi connectivity index (χ4v) is 2.05. The lowest BCUT2D eigenvalue weighted by Gasteiger charge is -2.24. The number of alkyl halides is 3. The molecule has 0 bridgehead atoms. The van der Waals surface area contributed by atoms with Gasteiger partial charge in [-0.25, -0.2) is 4.57 Å². The molecule has 1 N–H and O–H groups in total. The van der Waals surface area contributed by atoms with Crippen LogP contribution in [0.25, 0.3) is 0 Å². The van der Waals surface area contributed by atoms with Gasteiger partial charge in [0.2, 0.25) is 0 Å². The van der Waals surface area contributed by atoms with Crippen molar-refractivity contribution >= 4 is 7.82 Å². The van der Waals surface area contributed by atoms with Gasteiger partial charge in [-0.15, -0.1) is 0 Å². The van der Waals surface area contributed by atoms with Crippen molar-refractivity contribution in [3.8, 4) is 5.75 Å². The van der Waals surface area contributed by atoms with E-state index in [4.69, 9.17) is 9.05 Å².